The fourth-order valence-electron chi connectivity index (χ4n) is 2.85. The largest absolute Gasteiger partial charge is 0.353 e. The minimum atomic E-state index is -3.13. The first-order chi connectivity index (χ1) is 9.80. The Hall–Kier alpha value is -0.660. The first-order valence-electron chi connectivity index (χ1n) is 7.79. The number of piperidine rings is 1. The van der Waals surface area contributed by atoms with Crippen LogP contribution in [-0.2, 0) is 14.8 Å². The first-order valence-corrected chi connectivity index (χ1v) is 9.29. The van der Waals surface area contributed by atoms with Gasteiger partial charge in [0, 0.05) is 25.7 Å². The van der Waals surface area contributed by atoms with Gasteiger partial charge in [-0.05, 0) is 46.1 Å². The number of nitrogens with one attached hydrogen (secondary N) is 1. The van der Waals surface area contributed by atoms with Gasteiger partial charge in [-0.25, -0.2) is 12.7 Å². The predicted molar refractivity (Wildman–Crippen MR) is 82.4 cm³/mol. The molecule has 1 saturated heterocycles. The minimum Gasteiger partial charge on any atom is -0.353 e. The fourth-order valence-corrected chi connectivity index (χ4v) is 4.64. The van der Waals surface area contributed by atoms with Gasteiger partial charge in [-0.15, -0.1) is 0 Å². The summed E-state index contributed by atoms with van der Waals surface area (Å²) < 4.78 is 26.1. The highest BCUT2D eigenvalue weighted by molar-refractivity contribution is 7.90. The van der Waals surface area contributed by atoms with E-state index in [1.807, 2.05) is 13.8 Å². The Bertz CT molecular complexity index is 474. The zero-order chi connectivity index (χ0) is 15.6. The zero-order valence-corrected chi connectivity index (χ0v) is 14.0. The quantitative estimate of drug-likeness (QED) is 0.770. The van der Waals surface area contributed by atoms with E-state index in [4.69, 9.17) is 0 Å². The van der Waals surface area contributed by atoms with E-state index in [1.165, 1.54) is 0 Å². The van der Waals surface area contributed by atoms with E-state index in [0.29, 0.717) is 13.1 Å². The van der Waals surface area contributed by atoms with Gasteiger partial charge in [0.05, 0.1) is 11.8 Å². The van der Waals surface area contributed by atoms with E-state index in [0.717, 1.165) is 32.2 Å². The van der Waals surface area contributed by atoms with Crippen LogP contribution in [0, 0.1) is 0 Å². The molecule has 122 valence electrons. The van der Waals surface area contributed by atoms with E-state index in [1.54, 1.807) is 11.4 Å². The second-order valence-corrected chi connectivity index (χ2v) is 8.79. The number of likely N-dealkylation sites (N-methyl/N-ethyl adjacent to an activating group) is 1. The second-order valence-electron chi connectivity index (χ2n) is 6.51. The number of amides is 1. The summed E-state index contributed by atoms with van der Waals surface area (Å²) in [5, 5.41) is 2.72. The Labute approximate surface area is 127 Å². The van der Waals surface area contributed by atoms with E-state index < -0.39 is 10.0 Å². The molecule has 1 saturated carbocycles. The summed E-state index contributed by atoms with van der Waals surface area (Å²) in [6.07, 6.45) is 3.40. The van der Waals surface area contributed by atoms with Crippen LogP contribution in [0.1, 0.15) is 39.5 Å². The molecule has 7 heteroatoms. The van der Waals surface area contributed by atoms with Crippen LogP contribution in [-0.4, -0.2) is 67.5 Å². The van der Waals surface area contributed by atoms with Crippen molar-refractivity contribution in [2.75, 3.05) is 26.7 Å². The summed E-state index contributed by atoms with van der Waals surface area (Å²) >= 11 is 0. The van der Waals surface area contributed by atoms with Crippen molar-refractivity contribution in [3.05, 3.63) is 0 Å². The molecule has 1 heterocycles. The Balaban J connectivity index is 1.89. The minimum absolute atomic E-state index is 0.00352. The predicted octanol–water partition coefficient (Wildman–Crippen LogP) is 0.399. The molecule has 0 bridgehead atoms. The molecule has 0 aromatic carbocycles. The van der Waals surface area contributed by atoms with Crippen LogP contribution in [0.15, 0.2) is 0 Å². The maximum absolute atomic E-state index is 12.3. The highest BCUT2D eigenvalue weighted by Crippen LogP contribution is 2.32. The van der Waals surface area contributed by atoms with Crippen LogP contribution >= 0.6 is 0 Å². The van der Waals surface area contributed by atoms with E-state index in [2.05, 4.69) is 10.2 Å². The van der Waals surface area contributed by atoms with Crippen LogP contribution in [0.3, 0.4) is 0 Å². The van der Waals surface area contributed by atoms with Gasteiger partial charge in [-0.3, -0.25) is 9.69 Å². The molecule has 1 aliphatic carbocycles. The van der Waals surface area contributed by atoms with Gasteiger partial charge in [-0.2, -0.15) is 0 Å². The van der Waals surface area contributed by atoms with Crippen molar-refractivity contribution in [1.82, 2.24) is 14.5 Å². The summed E-state index contributed by atoms with van der Waals surface area (Å²) in [6, 6.07) is 0.132. The molecule has 1 N–H and O–H groups in total. The molecular weight excluding hydrogens is 290 g/mol. The summed E-state index contributed by atoms with van der Waals surface area (Å²) in [5.74, 6) is 0.0124. The monoisotopic (exact) mass is 317 g/mol. The number of hydrogen-bond acceptors (Lipinski definition) is 4. The van der Waals surface area contributed by atoms with Gasteiger partial charge >= 0.3 is 0 Å². The zero-order valence-electron chi connectivity index (χ0n) is 13.2. The molecule has 6 nitrogen and oxygen atoms in total. The molecule has 2 rings (SSSR count). The van der Waals surface area contributed by atoms with E-state index in [-0.39, 0.29) is 23.2 Å². The number of carbonyl (C=O) groups is 1. The summed E-state index contributed by atoms with van der Waals surface area (Å²) in [5.41, 5.74) is 0. The molecule has 1 atom stereocenters. The third-order valence-electron chi connectivity index (χ3n) is 4.16. The van der Waals surface area contributed by atoms with Gasteiger partial charge in [-0.1, -0.05) is 0 Å². The van der Waals surface area contributed by atoms with Crippen LogP contribution < -0.4 is 5.32 Å². The molecule has 2 aliphatic rings. The lowest BCUT2D eigenvalue weighted by molar-refractivity contribution is -0.123. The lowest BCUT2D eigenvalue weighted by Crippen LogP contribution is -2.51. The van der Waals surface area contributed by atoms with Crippen molar-refractivity contribution in [3.63, 3.8) is 0 Å². The number of rotatable bonds is 6. The highest BCUT2D eigenvalue weighted by Gasteiger charge is 2.41. The Kier molecular flexibility index (Phi) is 5.27. The van der Waals surface area contributed by atoms with Crippen LogP contribution in [0.2, 0.25) is 0 Å². The van der Waals surface area contributed by atoms with Gasteiger partial charge in [0.15, 0.2) is 0 Å². The summed E-state index contributed by atoms with van der Waals surface area (Å²) in [6.45, 7) is 5.74. The van der Waals surface area contributed by atoms with Gasteiger partial charge in [0.1, 0.15) is 0 Å². The molecule has 2 fully saturated rings. The number of sulfonamides is 1. The number of nitrogens with zero attached hydrogens (tertiary/aromatic N) is 2. The van der Waals surface area contributed by atoms with Crippen LogP contribution in [0.5, 0.6) is 0 Å². The SMILES string of the molecule is CC(C)NC(=O)CN1CCCC(N(C)S(=O)(=O)C2CC2)C1. The van der Waals surface area contributed by atoms with Crippen molar-refractivity contribution in [3.8, 4) is 0 Å². The molecule has 1 aliphatic heterocycles. The smallest absolute Gasteiger partial charge is 0.234 e. The lowest BCUT2D eigenvalue weighted by atomic mass is 10.1. The lowest BCUT2D eigenvalue weighted by Gasteiger charge is -2.36. The maximum atomic E-state index is 12.3. The summed E-state index contributed by atoms with van der Waals surface area (Å²) in [4.78, 5) is 13.9. The van der Waals surface area contributed by atoms with Crippen molar-refractivity contribution >= 4 is 15.9 Å². The van der Waals surface area contributed by atoms with Gasteiger partial charge in [0.25, 0.3) is 0 Å². The molecule has 0 aromatic heterocycles. The number of hydrogen-bond donors (Lipinski definition) is 1. The maximum Gasteiger partial charge on any atom is 0.234 e. The third kappa shape index (κ3) is 4.40. The molecule has 0 aromatic rings. The molecule has 1 amide bonds. The normalized spacial score (nSPS) is 24.5. The number of likely N-dealkylation sites (tertiary alicyclic amines) is 1. The van der Waals surface area contributed by atoms with Crippen molar-refractivity contribution in [2.45, 2.75) is 56.9 Å². The van der Waals surface area contributed by atoms with Crippen molar-refractivity contribution < 1.29 is 13.2 Å². The molecular formula is C14H27N3O3S. The third-order valence-corrected chi connectivity index (χ3v) is 6.57. The Morgan fingerprint density at radius 3 is 2.57 bits per heavy atom. The molecule has 0 spiro atoms. The fraction of sp³-hybridized carbons (Fsp3) is 0.929. The molecule has 21 heavy (non-hydrogen) atoms. The average molecular weight is 317 g/mol. The Morgan fingerprint density at radius 1 is 1.33 bits per heavy atom. The van der Waals surface area contributed by atoms with Gasteiger partial charge in [0.2, 0.25) is 15.9 Å². The van der Waals surface area contributed by atoms with Crippen LogP contribution in [0.4, 0.5) is 0 Å². The topological polar surface area (TPSA) is 69.7 Å². The number of carbonyl (C=O) groups excluding carboxylic acids is 1. The van der Waals surface area contributed by atoms with Crippen molar-refractivity contribution in [1.29, 1.82) is 0 Å². The molecule has 1 unspecified atom stereocenters. The highest BCUT2D eigenvalue weighted by atomic mass is 32.2. The first kappa shape index (κ1) is 16.7. The van der Waals surface area contributed by atoms with Gasteiger partial charge < -0.3 is 5.32 Å². The average Bonchev–Trinajstić information content (AvgIpc) is 3.21. The summed E-state index contributed by atoms with van der Waals surface area (Å²) in [7, 11) is -1.44. The van der Waals surface area contributed by atoms with Crippen molar-refractivity contribution in [2.24, 2.45) is 0 Å². The standard InChI is InChI=1S/C14H27N3O3S/c1-11(2)15-14(18)10-17-8-4-5-12(9-17)16(3)21(19,20)13-6-7-13/h11-13H,4-10H2,1-3H3,(H,15,18). The second kappa shape index (κ2) is 6.62. The molecule has 0 radical (unpaired) electrons. The van der Waals surface area contributed by atoms with Crippen LogP contribution in [0.25, 0.3) is 0 Å². The Morgan fingerprint density at radius 2 is 2.00 bits per heavy atom. The van der Waals surface area contributed by atoms with E-state index in [9.17, 15) is 13.2 Å². The van der Waals surface area contributed by atoms with E-state index >= 15 is 0 Å².